The third-order valence-corrected chi connectivity index (χ3v) is 5.91. The van der Waals surface area contributed by atoms with E-state index in [0.29, 0.717) is 21.8 Å². The lowest BCUT2D eigenvalue weighted by Crippen LogP contribution is -2.31. The number of imide groups is 1. The topological polar surface area (TPSA) is 92.3 Å². The van der Waals surface area contributed by atoms with Crippen molar-refractivity contribution in [2.45, 2.75) is 26.2 Å². The van der Waals surface area contributed by atoms with Crippen LogP contribution in [0.3, 0.4) is 0 Å². The molecule has 1 aliphatic rings. The highest BCUT2D eigenvalue weighted by Gasteiger charge is 2.40. The van der Waals surface area contributed by atoms with Crippen LogP contribution in [-0.4, -0.2) is 27.7 Å². The Morgan fingerprint density at radius 3 is 2.06 bits per heavy atom. The fourth-order valence-corrected chi connectivity index (χ4v) is 4.77. The van der Waals surface area contributed by atoms with E-state index >= 15 is 0 Å². The minimum atomic E-state index is -0.493. The van der Waals surface area contributed by atoms with E-state index in [1.165, 1.54) is 12.1 Å². The number of pyridine rings is 1. The van der Waals surface area contributed by atoms with Crippen molar-refractivity contribution in [1.82, 2.24) is 9.97 Å². The molecule has 0 unspecified atom stereocenters. The molecule has 0 spiro atoms. The van der Waals surface area contributed by atoms with Gasteiger partial charge in [0, 0.05) is 11.0 Å². The van der Waals surface area contributed by atoms with Gasteiger partial charge in [0.15, 0.2) is 5.13 Å². The molecule has 2 aromatic heterocycles. The third kappa shape index (κ3) is 3.94. The largest absolute Gasteiger partial charge is 0.298 e. The molecule has 1 aliphatic heterocycles. The molecule has 10 heteroatoms. The zero-order valence-corrected chi connectivity index (χ0v) is 19.0. The maximum atomic E-state index is 13.0. The molecule has 1 aromatic carbocycles. The van der Waals surface area contributed by atoms with Crippen molar-refractivity contribution in [3.05, 3.63) is 69.1 Å². The number of hydrogen-bond donors (Lipinski definition) is 1. The number of fused-ring (bicyclic) bond motifs is 1. The standard InChI is InChI=1S/C21H16Cl2N4O3S/c1-21(2,3)15-19(27-17(29)11-6-4-5-7-12(11)18(27)30)31-20(25-15)26-16(28)10-8-13(22)24-14(23)9-10/h4-9H,1-3H3,(H,25,26,28). The molecular weight excluding hydrogens is 459 g/mol. The molecule has 0 saturated heterocycles. The van der Waals surface area contributed by atoms with Gasteiger partial charge in [-0.25, -0.2) is 14.9 Å². The molecule has 3 amide bonds. The summed E-state index contributed by atoms with van der Waals surface area (Å²) >= 11 is 12.8. The average molecular weight is 475 g/mol. The first-order valence-electron chi connectivity index (χ1n) is 9.20. The Morgan fingerprint density at radius 1 is 1.00 bits per heavy atom. The molecule has 0 atom stereocenters. The van der Waals surface area contributed by atoms with Gasteiger partial charge in [-0.05, 0) is 24.3 Å². The molecule has 0 aliphatic carbocycles. The first-order valence-corrected chi connectivity index (χ1v) is 10.8. The smallest absolute Gasteiger partial charge is 0.266 e. The fraction of sp³-hybridized carbons (Fsp3) is 0.190. The summed E-state index contributed by atoms with van der Waals surface area (Å²) in [5, 5.41) is 3.47. The number of rotatable bonds is 3. The Bertz CT molecular complexity index is 1190. The minimum absolute atomic E-state index is 0.0823. The van der Waals surface area contributed by atoms with E-state index in [9.17, 15) is 14.4 Å². The van der Waals surface area contributed by atoms with Crippen molar-refractivity contribution in [3.63, 3.8) is 0 Å². The summed E-state index contributed by atoms with van der Waals surface area (Å²) in [4.78, 5) is 48.1. The van der Waals surface area contributed by atoms with Crippen LogP contribution in [0.4, 0.5) is 10.1 Å². The number of nitrogens with one attached hydrogen (secondary N) is 1. The lowest BCUT2D eigenvalue weighted by Gasteiger charge is -2.21. The summed E-state index contributed by atoms with van der Waals surface area (Å²) in [5.41, 5.74) is 0.917. The van der Waals surface area contributed by atoms with Crippen molar-refractivity contribution in [2.24, 2.45) is 0 Å². The molecule has 3 heterocycles. The number of halogens is 2. The highest BCUT2D eigenvalue weighted by Crippen LogP contribution is 2.42. The molecule has 3 aromatic rings. The third-order valence-electron chi connectivity index (χ3n) is 4.56. The van der Waals surface area contributed by atoms with Crippen LogP contribution in [0.2, 0.25) is 10.3 Å². The van der Waals surface area contributed by atoms with Crippen LogP contribution < -0.4 is 10.2 Å². The molecule has 7 nitrogen and oxygen atoms in total. The molecule has 1 N–H and O–H groups in total. The van der Waals surface area contributed by atoms with Crippen LogP contribution in [0.5, 0.6) is 0 Å². The lowest BCUT2D eigenvalue weighted by atomic mass is 9.92. The summed E-state index contributed by atoms with van der Waals surface area (Å²) in [6.07, 6.45) is 0. The summed E-state index contributed by atoms with van der Waals surface area (Å²) in [6, 6.07) is 9.42. The van der Waals surface area contributed by atoms with Crippen molar-refractivity contribution in [2.75, 3.05) is 10.2 Å². The summed E-state index contributed by atoms with van der Waals surface area (Å²) in [5.74, 6) is -1.32. The van der Waals surface area contributed by atoms with Gasteiger partial charge in [-0.1, -0.05) is 67.4 Å². The molecule has 0 saturated carbocycles. The van der Waals surface area contributed by atoms with E-state index in [4.69, 9.17) is 23.2 Å². The average Bonchev–Trinajstić information content (AvgIpc) is 3.20. The second-order valence-corrected chi connectivity index (χ2v) is 9.62. The van der Waals surface area contributed by atoms with Gasteiger partial charge in [0.1, 0.15) is 15.3 Å². The molecule has 0 fully saturated rings. The second-order valence-electron chi connectivity index (χ2n) is 7.87. The van der Waals surface area contributed by atoms with Crippen molar-refractivity contribution in [1.29, 1.82) is 0 Å². The minimum Gasteiger partial charge on any atom is -0.298 e. The van der Waals surface area contributed by atoms with Gasteiger partial charge in [-0.2, -0.15) is 0 Å². The van der Waals surface area contributed by atoms with Gasteiger partial charge < -0.3 is 0 Å². The van der Waals surface area contributed by atoms with Gasteiger partial charge in [-0.3, -0.25) is 19.7 Å². The number of carbonyl (C=O) groups is 3. The van der Waals surface area contributed by atoms with Gasteiger partial charge in [0.05, 0.1) is 16.8 Å². The number of aromatic nitrogens is 2. The number of thiazole rings is 1. The molecular formula is C21H16Cl2N4O3S. The van der Waals surface area contributed by atoms with E-state index in [-0.39, 0.29) is 21.0 Å². The maximum Gasteiger partial charge on any atom is 0.266 e. The first kappa shape index (κ1) is 21.4. The fourth-order valence-electron chi connectivity index (χ4n) is 3.14. The summed E-state index contributed by atoms with van der Waals surface area (Å²) in [7, 11) is 0. The zero-order chi connectivity index (χ0) is 22.5. The molecule has 4 rings (SSSR count). The van der Waals surface area contributed by atoms with Crippen LogP contribution in [-0.2, 0) is 5.41 Å². The van der Waals surface area contributed by atoms with Gasteiger partial charge >= 0.3 is 0 Å². The number of anilines is 2. The zero-order valence-electron chi connectivity index (χ0n) is 16.7. The highest BCUT2D eigenvalue weighted by molar-refractivity contribution is 7.20. The van der Waals surface area contributed by atoms with E-state index in [0.717, 1.165) is 16.2 Å². The Hall–Kier alpha value is -2.81. The monoisotopic (exact) mass is 474 g/mol. The number of carbonyl (C=O) groups excluding carboxylic acids is 3. The Labute approximate surface area is 192 Å². The highest BCUT2D eigenvalue weighted by atomic mass is 35.5. The van der Waals surface area contributed by atoms with Crippen LogP contribution >= 0.6 is 34.5 Å². The van der Waals surface area contributed by atoms with E-state index < -0.39 is 23.1 Å². The van der Waals surface area contributed by atoms with Crippen molar-refractivity contribution >= 4 is 62.4 Å². The Morgan fingerprint density at radius 2 is 1.55 bits per heavy atom. The van der Waals surface area contributed by atoms with Crippen LogP contribution in [0.15, 0.2) is 36.4 Å². The van der Waals surface area contributed by atoms with Crippen molar-refractivity contribution < 1.29 is 14.4 Å². The summed E-state index contributed by atoms with van der Waals surface area (Å²) < 4.78 is 0. The predicted octanol–water partition coefficient (Wildman–Crippen LogP) is 5.20. The molecule has 0 radical (unpaired) electrons. The van der Waals surface area contributed by atoms with Crippen LogP contribution in [0.1, 0.15) is 57.5 Å². The van der Waals surface area contributed by atoms with Gasteiger partial charge in [-0.15, -0.1) is 0 Å². The predicted molar refractivity (Wildman–Crippen MR) is 121 cm³/mol. The summed E-state index contributed by atoms with van der Waals surface area (Å²) in [6.45, 7) is 5.74. The lowest BCUT2D eigenvalue weighted by molar-refractivity contribution is 0.0925. The van der Waals surface area contributed by atoms with E-state index in [2.05, 4.69) is 15.3 Å². The number of hydrogen-bond acceptors (Lipinski definition) is 6. The van der Waals surface area contributed by atoms with Gasteiger partial charge in [0.2, 0.25) is 0 Å². The molecule has 0 bridgehead atoms. The maximum absolute atomic E-state index is 13.0. The molecule has 31 heavy (non-hydrogen) atoms. The first-order chi connectivity index (χ1) is 14.6. The number of benzene rings is 1. The normalized spacial score (nSPS) is 13.5. The number of nitrogens with zero attached hydrogens (tertiary/aromatic N) is 3. The Balaban J connectivity index is 1.73. The SMILES string of the molecule is CC(C)(C)c1nc(NC(=O)c2cc(Cl)nc(Cl)c2)sc1N1C(=O)c2ccccc2C1=O. The second kappa shape index (κ2) is 7.71. The van der Waals surface area contributed by atoms with E-state index in [1.807, 2.05) is 20.8 Å². The number of amides is 3. The quantitative estimate of drug-likeness (QED) is 0.416. The molecule has 158 valence electrons. The Kier molecular flexibility index (Phi) is 5.33. The van der Waals surface area contributed by atoms with Crippen molar-refractivity contribution in [3.8, 4) is 0 Å². The van der Waals surface area contributed by atoms with Gasteiger partial charge in [0.25, 0.3) is 17.7 Å². The van der Waals surface area contributed by atoms with E-state index in [1.54, 1.807) is 24.3 Å². The van der Waals surface area contributed by atoms with Crippen LogP contribution in [0.25, 0.3) is 0 Å². The van der Waals surface area contributed by atoms with Crippen LogP contribution in [0, 0.1) is 0 Å².